The quantitative estimate of drug-likeness (QED) is 0.647. The maximum atomic E-state index is 13.5. The molecule has 0 aliphatic carbocycles. The number of aromatic nitrogens is 3. The van der Waals surface area contributed by atoms with Crippen LogP contribution in [0.4, 0.5) is 4.39 Å². The molecule has 4 heterocycles. The Hall–Kier alpha value is -2.79. The van der Waals surface area contributed by atoms with E-state index in [1.165, 1.54) is 30.7 Å². The lowest BCUT2D eigenvalue weighted by Crippen LogP contribution is -2.32. The van der Waals surface area contributed by atoms with Gasteiger partial charge in [0.15, 0.2) is 0 Å². The molecule has 0 bridgehead atoms. The van der Waals surface area contributed by atoms with Crippen LogP contribution in [0, 0.1) is 11.7 Å². The topological polar surface area (TPSA) is 34.0 Å². The average molecular weight is 388 g/mol. The van der Waals surface area contributed by atoms with E-state index in [2.05, 4.69) is 22.9 Å². The Kier molecular flexibility index (Phi) is 4.55. The highest BCUT2D eigenvalue weighted by molar-refractivity contribution is 5.90. The molecule has 3 aromatic rings. The van der Waals surface area contributed by atoms with Crippen molar-refractivity contribution in [1.29, 1.82) is 0 Å². The minimum atomic E-state index is -0.230. The second-order valence-electron chi connectivity index (χ2n) is 8.28. The van der Waals surface area contributed by atoms with Crippen LogP contribution in [-0.4, -0.2) is 38.8 Å². The summed E-state index contributed by atoms with van der Waals surface area (Å²) >= 11 is 0. The lowest BCUT2D eigenvalue weighted by atomic mass is 9.92. The van der Waals surface area contributed by atoms with Gasteiger partial charge >= 0.3 is 0 Å². The van der Waals surface area contributed by atoms with Crippen LogP contribution in [0.3, 0.4) is 0 Å². The molecule has 2 aliphatic rings. The first-order chi connectivity index (χ1) is 14.1. The molecule has 0 spiro atoms. The standard InChI is InChI=1S/C24H25FN4/c1-16-13-21-14-19(9-12-29(21)15-16)23-22(17-7-10-26-11-8-17)24(28(2)27-23)18-3-5-20(25)6-4-18/h3-8,10-11,14,16,21H,9,12-13,15H2,1-2H3. The first kappa shape index (κ1) is 18.3. The smallest absolute Gasteiger partial charge is 0.123 e. The molecule has 0 radical (unpaired) electrons. The van der Waals surface area contributed by atoms with Crippen LogP contribution in [0.5, 0.6) is 0 Å². The zero-order valence-corrected chi connectivity index (χ0v) is 16.8. The highest BCUT2D eigenvalue weighted by atomic mass is 19.1. The van der Waals surface area contributed by atoms with Crippen LogP contribution >= 0.6 is 0 Å². The van der Waals surface area contributed by atoms with Crippen molar-refractivity contribution >= 4 is 5.57 Å². The lowest BCUT2D eigenvalue weighted by Gasteiger charge is -2.28. The molecule has 4 nitrogen and oxygen atoms in total. The van der Waals surface area contributed by atoms with E-state index in [0.29, 0.717) is 6.04 Å². The van der Waals surface area contributed by atoms with E-state index in [0.717, 1.165) is 47.0 Å². The van der Waals surface area contributed by atoms with Crippen LogP contribution in [0.1, 0.15) is 25.5 Å². The summed E-state index contributed by atoms with van der Waals surface area (Å²) in [4.78, 5) is 6.78. The molecule has 2 atom stereocenters. The van der Waals surface area contributed by atoms with Gasteiger partial charge in [-0.15, -0.1) is 0 Å². The SMILES string of the molecule is CC1CC2C=C(c3nn(C)c(-c4ccc(F)cc4)c3-c3ccncc3)CCN2C1. The summed E-state index contributed by atoms with van der Waals surface area (Å²) in [6, 6.07) is 11.2. The molecule has 148 valence electrons. The van der Waals surface area contributed by atoms with E-state index >= 15 is 0 Å². The molecule has 2 unspecified atom stereocenters. The van der Waals surface area contributed by atoms with Crippen molar-refractivity contribution in [3.63, 3.8) is 0 Å². The van der Waals surface area contributed by atoms with Gasteiger partial charge in [0, 0.05) is 49.7 Å². The van der Waals surface area contributed by atoms with E-state index in [-0.39, 0.29) is 5.82 Å². The molecule has 1 saturated heterocycles. The predicted molar refractivity (Wildman–Crippen MR) is 114 cm³/mol. The van der Waals surface area contributed by atoms with Crippen LogP contribution in [0.25, 0.3) is 28.0 Å². The first-order valence-electron chi connectivity index (χ1n) is 10.3. The largest absolute Gasteiger partial charge is 0.296 e. The molecule has 5 rings (SSSR count). The summed E-state index contributed by atoms with van der Waals surface area (Å²) in [6.07, 6.45) is 8.27. The highest BCUT2D eigenvalue weighted by Crippen LogP contribution is 2.41. The van der Waals surface area contributed by atoms with Gasteiger partial charge in [0.1, 0.15) is 5.82 Å². The third kappa shape index (κ3) is 3.29. The predicted octanol–water partition coefficient (Wildman–Crippen LogP) is 4.79. The second-order valence-corrected chi connectivity index (χ2v) is 8.28. The van der Waals surface area contributed by atoms with Crippen LogP contribution in [-0.2, 0) is 7.05 Å². The van der Waals surface area contributed by atoms with E-state index in [9.17, 15) is 4.39 Å². The Labute approximate surface area is 170 Å². The molecule has 1 fully saturated rings. The third-order valence-corrected chi connectivity index (χ3v) is 6.16. The molecule has 0 amide bonds. The van der Waals surface area contributed by atoms with Gasteiger partial charge in [-0.1, -0.05) is 13.0 Å². The fraction of sp³-hybridized carbons (Fsp3) is 0.333. The van der Waals surface area contributed by atoms with Crippen LogP contribution < -0.4 is 0 Å². The summed E-state index contributed by atoms with van der Waals surface area (Å²) < 4.78 is 15.5. The number of hydrogen-bond acceptors (Lipinski definition) is 3. The zero-order valence-electron chi connectivity index (χ0n) is 16.8. The van der Waals surface area contributed by atoms with Gasteiger partial charge in [-0.3, -0.25) is 14.6 Å². The molecule has 2 aromatic heterocycles. The zero-order chi connectivity index (χ0) is 20.0. The Balaban J connectivity index is 1.67. The summed E-state index contributed by atoms with van der Waals surface area (Å²) in [5, 5.41) is 4.96. The molecule has 0 N–H and O–H groups in total. The van der Waals surface area contributed by atoms with Crippen molar-refractivity contribution in [2.75, 3.05) is 13.1 Å². The van der Waals surface area contributed by atoms with Crippen molar-refractivity contribution in [2.24, 2.45) is 13.0 Å². The normalized spacial score (nSPS) is 21.8. The number of fused-ring (bicyclic) bond motifs is 1. The van der Waals surface area contributed by atoms with E-state index < -0.39 is 0 Å². The average Bonchev–Trinajstić information content (AvgIpc) is 3.27. The van der Waals surface area contributed by atoms with Crippen molar-refractivity contribution in [3.05, 3.63) is 66.4 Å². The Morgan fingerprint density at radius 1 is 1.03 bits per heavy atom. The number of halogens is 1. The molecule has 2 aliphatic heterocycles. The van der Waals surface area contributed by atoms with Gasteiger partial charge in [-0.05, 0) is 66.3 Å². The fourth-order valence-corrected chi connectivity index (χ4v) is 4.86. The summed E-state index contributed by atoms with van der Waals surface area (Å²) in [5.41, 5.74) is 6.52. The van der Waals surface area contributed by atoms with Gasteiger partial charge in [0.25, 0.3) is 0 Å². The van der Waals surface area contributed by atoms with Gasteiger partial charge in [-0.2, -0.15) is 5.10 Å². The number of nitrogens with zero attached hydrogens (tertiary/aromatic N) is 4. The Morgan fingerprint density at radius 2 is 1.79 bits per heavy atom. The van der Waals surface area contributed by atoms with Crippen LogP contribution in [0.15, 0.2) is 54.9 Å². The Morgan fingerprint density at radius 3 is 2.55 bits per heavy atom. The summed E-state index contributed by atoms with van der Waals surface area (Å²) in [5.74, 6) is 0.515. The van der Waals surface area contributed by atoms with Gasteiger partial charge in [0.2, 0.25) is 0 Å². The van der Waals surface area contributed by atoms with Gasteiger partial charge in [0.05, 0.1) is 11.4 Å². The monoisotopic (exact) mass is 388 g/mol. The second kappa shape index (κ2) is 7.23. The Bertz CT molecular complexity index is 1050. The fourth-order valence-electron chi connectivity index (χ4n) is 4.86. The van der Waals surface area contributed by atoms with E-state index in [1.54, 1.807) is 0 Å². The lowest BCUT2D eigenvalue weighted by molar-refractivity contribution is 0.283. The molecular weight excluding hydrogens is 363 g/mol. The van der Waals surface area contributed by atoms with Crippen molar-refractivity contribution < 1.29 is 4.39 Å². The maximum absolute atomic E-state index is 13.5. The first-order valence-corrected chi connectivity index (χ1v) is 10.3. The maximum Gasteiger partial charge on any atom is 0.123 e. The minimum absolute atomic E-state index is 0.230. The molecule has 5 heteroatoms. The van der Waals surface area contributed by atoms with Crippen LogP contribution in [0.2, 0.25) is 0 Å². The van der Waals surface area contributed by atoms with Crippen molar-refractivity contribution in [1.82, 2.24) is 19.7 Å². The number of aryl methyl sites for hydroxylation is 1. The summed E-state index contributed by atoms with van der Waals surface area (Å²) in [6.45, 7) is 4.61. The van der Waals surface area contributed by atoms with E-state index in [1.807, 2.05) is 48.4 Å². The van der Waals surface area contributed by atoms with E-state index in [4.69, 9.17) is 5.10 Å². The van der Waals surface area contributed by atoms with Gasteiger partial charge in [-0.25, -0.2) is 4.39 Å². The highest BCUT2D eigenvalue weighted by Gasteiger charge is 2.33. The molecule has 29 heavy (non-hydrogen) atoms. The minimum Gasteiger partial charge on any atom is -0.296 e. The summed E-state index contributed by atoms with van der Waals surface area (Å²) in [7, 11) is 1.97. The molecular formula is C24H25FN4. The van der Waals surface area contributed by atoms with Gasteiger partial charge < -0.3 is 0 Å². The number of hydrogen-bond donors (Lipinski definition) is 0. The number of pyridine rings is 1. The third-order valence-electron chi connectivity index (χ3n) is 6.16. The number of rotatable bonds is 3. The molecule has 1 aromatic carbocycles. The number of benzene rings is 1. The molecule has 0 saturated carbocycles. The van der Waals surface area contributed by atoms with Crippen molar-refractivity contribution in [3.8, 4) is 22.4 Å². The van der Waals surface area contributed by atoms with Crippen molar-refractivity contribution in [2.45, 2.75) is 25.8 Å².